The average Bonchev–Trinajstić information content (AvgIpc) is 3.35. The lowest BCUT2D eigenvalue weighted by atomic mass is 10.2. The van der Waals surface area contributed by atoms with Crippen LogP contribution in [0.1, 0.15) is 41.0 Å². The van der Waals surface area contributed by atoms with Crippen LogP contribution in [0.25, 0.3) is 0 Å². The second kappa shape index (κ2) is 5.98. The molecular formula is C16H19N5O2. The van der Waals surface area contributed by atoms with Crippen LogP contribution < -0.4 is 4.74 Å². The number of aryl methyl sites for hydroxylation is 1. The maximum absolute atomic E-state index is 12.6. The number of H-pyrrole nitrogens is 1. The normalized spacial score (nSPS) is 17.5. The number of amides is 1. The maximum atomic E-state index is 12.6. The molecule has 0 aromatic carbocycles. The van der Waals surface area contributed by atoms with Gasteiger partial charge in [0.2, 0.25) is 5.88 Å². The van der Waals surface area contributed by atoms with E-state index in [9.17, 15) is 4.79 Å². The Labute approximate surface area is 134 Å². The van der Waals surface area contributed by atoms with E-state index in [1.54, 1.807) is 11.1 Å². The molecule has 0 radical (unpaired) electrons. The Kier molecular flexibility index (Phi) is 3.69. The summed E-state index contributed by atoms with van der Waals surface area (Å²) in [7, 11) is 0. The molecule has 2 aromatic heterocycles. The zero-order valence-corrected chi connectivity index (χ0v) is 12.9. The van der Waals surface area contributed by atoms with Crippen LogP contribution in [0, 0.1) is 5.92 Å². The van der Waals surface area contributed by atoms with E-state index in [0.717, 1.165) is 24.1 Å². The fourth-order valence-electron chi connectivity index (χ4n) is 2.75. The van der Waals surface area contributed by atoms with Gasteiger partial charge in [0, 0.05) is 24.3 Å². The highest BCUT2D eigenvalue weighted by molar-refractivity contribution is 5.92. The summed E-state index contributed by atoms with van der Waals surface area (Å²) in [4.78, 5) is 22.9. The third-order valence-electron chi connectivity index (χ3n) is 4.32. The van der Waals surface area contributed by atoms with Crippen molar-refractivity contribution in [3.8, 4) is 5.88 Å². The molecule has 0 spiro atoms. The van der Waals surface area contributed by atoms with Crippen LogP contribution in [-0.4, -0.2) is 44.1 Å². The number of nitrogens with one attached hydrogen (secondary N) is 1. The molecule has 1 fully saturated rings. The summed E-state index contributed by atoms with van der Waals surface area (Å²) in [5.74, 6) is 1.06. The molecule has 0 atom stereocenters. The molecule has 1 amide bonds. The first-order valence-electron chi connectivity index (χ1n) is 8.05. The Morgan fingerprint density at radius 3 is 3.00 bits per heavy atom. The minimum absolute atomic E-state index is 0.0970. The van der Waals surface area contributed by atoms with Gasteiger partial charge in [-0.25, -0.2) is 9.97 Å². The molecule has 7 heteroatoms. The van der Waals surface area contributed by atoms with Crippen molar-refractivity contribution >= 4 is 5.91 Å². The maximum Gasteiger partial charge on any atom is 0.274 e. The van der Waals surface area contributed by atoms with Gasteiger partial charge in [-0.2, -0.15) is 5.10 Å². The third-order valence-corrected chi connectivity index (χ3v) is 4.32. The van der Waals surface area contributed by atoms with E-state index in [-0.39, 0.29) is 5.91 Å². The monoisotopic (exact) mass is 313 g/mol. The highest BCUT2D eigenvalue weighted by Gasteiger charge is 2.24. The lowest BCUT2D eigenvalue weighted by molar-refractivity contribution is 0.0739. The molecule has 1 N–H and O–H groups in total. The summed E-state index contributed by atoms with van der Waals surface area (Å²) in [6.07, 6.45) is 9.13. The standard InChI is InChI=1S/C16H19N5O2/c22-16(21-5-1-2-13-12(9-21)6-19-20-13)14-7-18-15(8-17-14)23-10-11-3-4-11/h6-8,11H,1-5,9-10H2,(H,19,20). The van der Waals surface area contributed by atoms with Gasteiger partial charge in [0.1, 0.15) is 5.69 Å². The summed E-state index contributed by atoms with van der Waals surface area (Å²) in [6, 6.07) is 0. The van der Waals surface area contributed by atoms with Gasteiger partial charge in [-0.05, 0) is 31.6 Å². The van der Waals surface area contributed by atoms with Crippen LogP contribution >= 0.6 is 0 Å². The van der Waals surface area contributed by atoms with E-state index in [1.807, 2.05) is 0 Å². The molecular weight excluding hydrogens is 294 g/mol. The van der Waals surface area contributed by atoms with Gasteiger partial charge in [0.25, 0.3) is 5.91 Å². The number of rotatable bonds is 4. The van der Waals surface area contributed by atoms with E-state index >= 15 is 0 Å². The quantitative estimate of drug-likeness (QED) is 0.926. The molecule has 2 aromatic rings. The Bertz CT molecular complexity index is 693. The van der Waals surface area contributed by atoms with Gasteiger partial charge < -0.3 is 9.64 Å². The summed E-state index contributed by atoms with van der Waals surface area (Å²) >= 11 is 0. The minimum atomic E-state index is -0.0970. The van der Waals surface area contributed by atoms with Gasteiger partial charge in [-0.15, -0.1) is 0 Å². The van der Waals surface area contributed by atoms with E-state index in [4.69, 9.17) is 4.74 Å². The largest absolute Gasteiger partial charge is 0.476 e. The van der Waals surface area contributed by atoms with Gasteiger partial charge in [0.05, 0.1) is 25.2 Å². The third kappa shape index (κ3) is 3.18. The van der Waals surface area contributed by atoms with Crippen molar-refractivity contribution in [1.82, 2.24) is 25.1 Å². The fraction of sp³-hybridized carbons (Fsp3) is 0.500. The van der Waals surface area contributed by atoms with Crippen molar-refractivity contribution < 1.29 is 9.53 Å². The first kappa shape index (κ1) is 14.2. The zero-order chi connectivity index (χ0) is 15.6. The highest BCUT2D eigenvalue weighted by atomic mass is 16.5. The topological polar surface area (TPSA) is 84.0 Å². The Morgan fingerprint density at radius 1 is 1.30 bits per heavy atom. The molecule has 1 aliphatic heterocycles. The van der Waals surface area contributed by atoms with Crippen molar-refractivity contribution in [3.05, 3.63) is 35.5 Å². The zero-order valence-electron chi connectivity index (χ0n) is 12.9. The average molecular weight is 313 g/mol. The minimum Gasteiger partial charge on any atom is -0.476 e. The van der Waals surface area contributed by atoms with Crippen molar-refractivity contribution in [2.45, 2.75) is 32.2 Å². The van der Waals surface area contributed by atoms with Crippen molar-refractivity contribution in [2.75, 3.05) is 13.2 Å². The van der Waals surface area contributed by atoms with Gasteiger partial charge >= 0.3 is 0 Å². The number of carbonyl (C=O) groups excluding carboxylic acids is 1. The Hall–Kier alpha value is -2.44. The summed E-state index contributed by atoms with van der Waals surface area (Å²) in [5, 5.41) is 7.06. The number of aromatic amines is 1. The first-order chi connectivity index (χ1) is 11.3. The summed E-state index contributed by atoms with van der Waals surface area (Å²) in [6.45, 7) is 1.96. The van der Waals surface area contributed by atoms with Crippen molar-refractivity contribution in [2.24, 2.45) is 5.92 Å². The number of nitrogens with zero attached hydrogens (tertiary/aromatic N) is 4. The molecule has 120 valence electrons. The van der Waals surface area contributed by atoms with Crippen molar-refractivity contribution in [1.29, 1.82) is 0 Å². The fourth-order valence-corrected chi connectivity index (χ4v) is 2.75. The number of hydrogen-bond donors (Lipinski definition) is 1. The lowest BCUT2D eigenvalue weighted by Crippen LogP contribution is -2.31. The number of ether oxygens (including phenoxy) is 1. The van der Waals surface area contributed by atoms with Crippen LogP contribution in [-0.2, 0) is 13.0 Å². The first-order valence-corrected chi connectivity index (χ1v) is 8.05. The van der Waals surface area contributed by atoms with Crippen LogP contribution in [0.5, 0.6) is 5.88 Å². The van der Waals surface area contributed by atoms with Crippen LogP contribution in [0.3, 0.4) is 0 Å². The van der Waals surface area contributed by atoms with E-state index < -0.39 is 0 Å². The molecule has 2 aliphatic rings. The molecule has 4 rings (SSSR count). The molecule has 1 aliphatic carbocycles. The molecule has 0 saturated heterocycles. The molecule has 1 saturated carbocycles. The van der Waals surface area contributed by atoms with Gasteiger partial charge in [0.15, 0.2) is 0 Å². The number of aromatic nitrogens is 4. The number of hydrogen-bond acceptors (Lipinski definition) is 5. The molecule has 0 bridgehead atoms. The summed E-state index contributed by atoms with van der Waals surface area (Å²) in [5.41, 5.74) is 2.55. The smallest absolute Gasteiger partial charge is 0.274 e. The number of fused-ring (bicyclic) bond motifs is 1. The van der Waals surface area contributed by atoms with Crippen LogP contribution in [0.15, 0.2) is 18.6 Å². The predicted molar refractivity (Wildman–Crippen MR) is 81.9 cm³/mol. The van der Waals surface area contributed by atoms with E-state index in [2.05, 4.69) is 20.2 Å². The predicted octanol–water partition coefficient (Wildman–Crippen LogP) is 1.58. The van der Waals surface area contributed by atoms with Crippen molar-refractivity contribution in [3.63, 3.8) is 0 Å². The molecule has 0 unspecified atom stereocenters. The van der Waals surface area contributed by atoms with E-state index in [0.29, 0.717) is 37.2 Å². The SMILES string of the molecule is O=C(c1cnc(OCC2CC2)cn1)N1CCCc2[nH]ncc2C1. The molecule has 3 heterocycles. The number of carbonyl (C=O) groups is 1. The van der Waals surface area contributed by atoms with Crippen LogP contribution in [0.2, 0.25) is 0 Å². The second-order valence-electron chi connectivity index (χ2n) is 6.20. The summed E-state index contributed by atoms with van der Waals surface area (Å²) < 4.78 is 5.56. The van der Waals surface area contributed by atoms with Gasteiger partial charge in [-0.3, -0.25) is 9.89 Å². The Morgan fingerprint density at radius 2 is 2.22 bits per heavy atom. The molecule has 23 heavy (non-hydrogen) atoms. The molecule has 7 nitrogen and oxygen atoms in total. The van der Waals surface area contributed by atoms with Crippen LogP contribution in [0.4, 0.5) is 0 Å². The highest BCUT2D eigenvalue weighted by Crippen LogP contribution is 2.29. The van der Waals surface area contributed by atoms with E-state index in [1.165, 1.54) is 25.2 Å². The lowest BCUT2D eigenvalue weighted by Gasteiger charge is -2.19. The Balaban J connectivity index is 1.43. The van der Waals surface area contributed by atoms with Gasteiger partial charge in [-0.1, -0.05) is 0 Å². The second-order valence-corrected chi connectivity index (χ2v) is 6.20.